The van der Waals surface area contributed by atoms with Gasteiger partial charge in [-0.15, -0.1) is 11.6 Å². The number of carbonyl (C=O) groups excluding carboxylic acids is 2. The molecule has 2 aliphatic rings. The molecule has 1 amide bonds. The first-order valence-corrected chi connectivity index (χ1v) is 7.94. The maximum atomic E-state index is 12.5. The van der Waals surface area contributed by atoms with Crippen LogP contribution in [0.3, 0.4) is 0 Å². The van der Waals surface area contributed by atoms with E-state index in [1.165, 1.54) is 7.11 Å². The van der Waals surface area contributed by atoms with Crippen LogP contribution in [-0.2, 0) is 14.3 Å². The maximum Gasteiger partial charge on any atom is 0.411 e. The molecule has 0 unspecified atom stereocenters. The molecular weight excluding hydrogens is 294 g/mol. The zero-order valence-electron chi connectivity index (χ0n) is 13.1. The second-order valence-electron chi connectivity index (χ2n) is 6.90. The Labute approximate surface area is 130 Å². The number of rotatable bonds is 4. The Morgan fingerprint density at radius 1 is 1.38 bits per heavy atom. The molecule has 0 bridgehead atoms. The van der Waals surface area contributed by atoms with Gasteiger partial charge in [0, 0.05) is 12.4 Å². The average molecular weight is 318 g/mol. The fourth-order valence-electron chi connectivity index (χ4n) is 3.38. The van der Waals surface area contributed by atoms with Crippen molar-refractivity contribution in [3.63, 3.8) is 0 Å². The predicted molar refractivity (Wildman–Crippen MR) is 79.2 cm³/mol. The molecule has 120 valence electrons. The minimum absolute atomic E-state index is 0.181. The van der Waals surface area contributed by atoms with E-state index in [0.29, 0.717) is 31.2 Å². The number of hydrogen-bond donors (Lipinski definition) is 0. The van der Waals surface area contributed by atoms with E-state index in [1.54, 1.807) is 4.90 Å². The molecule has 6 heteroatoms. The van der Waals surface area contributed by atoms with Gasteiger partial charge in [-0.2, -0.15) is 0 Å². The third-order valence-corrected chi connectivity index (χ3v) is 4.55. The summed E-state index contributed by atoms with van der Waals surface area (Å²) < 4.78 is 10.5. The zero-order chi connectivity index (χ0) is 15.8. The molecule has 0 aromatic rings. The van der Waals surface area contributed by atoms with Gasteiger partial charge in [-0.3, -0.25) is 4.90 Å². The van der Waals surface area contributed by atoms with Gasteiger partial charge in [0.15, 0.2) is 0 Å². The molecule has 0 spiro atoms. The Balaban J connectivity index is 2.26. The van der Waals surface area contributed by atoms with Gasteiger partial charge in [-0.1, -0.05) is 0 Å². The molecule has 0 aromatic heterocycles. The monoisotopic (exact) mass is 317 g/mol. The van der Waals surface area contributed by atoms with Crippen LogP contribution in [0.1, 0.15) is 40.0 Å². The summed E-state index contributed by atoms with van der Waals surface area (Å²) in [5.74, 6) is 0.675. The molecule has 5 nitrogen and oxygen atoms in total. The highest BCUT2D eigenvalue weighted by atomic mass is 35.5. The van der Waals surface area contributed by atoms with Crippen LogP contribution in [0.4, 0.5) is 4.79 Å². The fraction of sp³-hybridized carbons (Fsp3) is 0.867. The maximum absolute atomic E-state index is 12.5. The molecule has 0 N–H and O–H groups in total. The van der Waals surface area contributed by atoms with Gasteiger partial charge in [-0.05, 0) is 51.9 Å². The van der Waals surface area contributed by atoms with Gasteiger partial charge in [0.05, 0.1) is 7.11 Å². The lowest BCUT2D eigenvalue weighted by Crippen LogP contribution is -2.57. The summed E-state index contributed by atoms with van der Waals surface area (Å²) in [6.45, 7) is 6.03. The van der Waals surface area contributed by atoms with E-state index in [9.17, 15) is 9.59 Å². The van der Waals surface area contributed by atoms with Crippen LogP contribution in [0.25, 0.3) is 0 Å². The van der Waals surface area contributed by atoms with Gasteiger partial charge in [0.2, 0.25) is 0 Å². The zero-order valence-corrected chi connectivity index (χ0v) is 13.9. The lowest BCUT2D eigenvalue weighted by atomic mass is 9.88. The van der Waals surface area contributed by atoms with E-state index in [4.69, 9.17) is 21.1 Å². The summed E-state index contributed by atoms with van der Waals surface area (Å²) in [6.07, 6.45) is 1.73. The fourth-order valence-corrected chi connectivity index (χ4v) is 3.52. The number of ether oxygens (including phenoxy) is 2. The molecule has 3 atom stereocenters. The van der Waals surface area contributed by atoms with Crippen molar-refractivity contribution in [2.75, 3.05) is 19.5 Å². The minimum Gasteiger partial charge on any atom is -0.467 e. The third-order valence-electron chi connectivity index (χ3n) is 4.28. The van der Waals surface area contributed by atoms with Crippen LogP contribution in [0, 0.1) is 11.8 Å². The summed E-state index contributed by atoms with van der Waals surface area (Å²) in [4.78, 5) is 26.5. The van der Waals surface area contributed by atoms with Crippen LogP contribution in [0.5, 0.6) is 0 Å². The number of hydrogen-bond acceptors (Lipinski definition) is 4. The molecular formula is C15H24ClNO4. The van der Waals surface area contributed by atoms with E-state index in [1.807, 2.05) is 20.8 Å². The van der Waals surface area contributed by atoms with Gasteiger partial charge in [0.1, 0.15) is 11.1 Å². The van der Waals surface area contributed by atoms with E-state index in [0.717, 1.165) is 6.42 Å². The second-order valence-corrected chi connectivity index (χ2v) is 7.28. The van der Waals surface area contributed by atoms with Crippen molar-refractivity contribution in [3.8, 4) is 0 Å². The van der Waals surface area contributed by atoms with Gasteiger partial charge < -0.3 is 9.47 Å². The number of piperidine rings is 1. The van der Waals surface area contributed by atoms with Gasteiger partial charge >= 0.3 is 12.1 Å². The Bertz CT molecular complexity index is 434. The molecule has 2 rings (SSSR count). The van der Waals surface area contributed by atoms with Crippen LogP contribution in [-0.4, -0.2) is 47.6 Å². The number of halogens is 1. The molecule has 1 aliphatic heterocycles. The number of carbonyl (C=O) groups is 2. The number of methoxy groups -OCH3 is 1. The molecule has 1 heterocycles. The number of likely N-dealkylation sites (tertiary alicyclic amines) is 1. The smallest absolute Gasteiger partial charge is 0.411 e. The second kappa shape index (κ2) is 5.67. The number of amides is 1. The minimum atomic E-state index is -0.892. The van der Waals surface area contributed by atoms with Crippen molar-refractivity contribution in [1.82, 2.24) is 4.90 Å². The van der Waals surface area contributed by atoms with E-state index in [-0.39, 0.29) is 11.9 Å². The Kier molecular flexibility index (Phi) is 4.43. The van der Waals surface area contributed by atoms with Crippen molar-refractivity contribution >= 4 is 23.7 Å². The first kappa shape index (κ1) is 16.4. The standard InChI is InChI=1S/C15H24ClNO4/c1-14(2,3)21-13(19)17-9-10-8-11(10)15(17,6-5-7-16)12(18)20-4/h10-11H,5-9H2,1-4H3/t10-,11-,15+/m1/s1. The number of esters is 1. The molecule has 1 aliphatic carbocycles. The van der Waals surface area contributed by atoms with Crippen molar-refractivity contribution in [3.05, 3.63) is 0 Å². The van der Waals surface area contributed by atoms with E-state index < -0.39 is 17.2 Å². The quantitative estimate of drug-likeness (QED) is 0.591. The summed E-state index contributed by atoms with van der Waals surface area (Å²) in [5.41, 5.74) is -1.48. The Morgan fingerprint density at radius 2 is 2.05 bits per heavy atom. The van der Waals surface area contributed by atoms with Gasteiger partial charge in [0.25, 0.3) is 0 Å². The SMILES string of the molecule is COC(=O)[C@]1(CCCCl)[C@@H]2C[C@@H]2CN1C(=O)OC(C)(C)C. The molecule has 21 heavy (non-hydrogen) atoms. The summed E-state index contributed by atoms with van der Waals surface area (Å²) in [5, 5.41) is 0. The lowest BCUT2D eigenvalue weighted by Gasteiger charge is -2.39. The van der Waals surface area contributed by atoms with E-state index in [2.05, 4.69) is 0 Å². The predicted octanol–water partition coefficient (Wildman–Crippen LogP) is 2.80. The molecule has 0 radical (unpaired) electrons. The van der Waals surface area contributed by atoms with Crippen LogP contribution in [0.15, 0.2) is 0 Å². The molecule has 1 saturated carbocycles. The summed E-state index contributed by atoms with van der Waals surface area (Å²) in [7, 11) is 1.37. The highest BCUT2D eigenvalue weighted by Crippen LogP contribution is 2.58. The molecule has 2 fully saturated rings. The summed E-state index contributed by atoms with van der Waals surface area (Å²) >= 11 is 5.80. The summed E-state index contributed by atoms with van der Waals surface area (Å²) in [6, 6.07) is 0. The molecule has 0 aromatic carbocycles. The van der Waals surface area contributed by atoms with Crippen LogP contribution >= 0.6 is 11.6 Å². The Hall–Kier alpha value is -0.970. The highest BCUT2D eigenvalue weighted by molar-refractivity contribution is 6.17. The molecule has 1 saturated heterocycles. The topological polar surface area (TPSA) is 55.8 Å². The number of fused-ring (bicyclic) bond motifs is 1. The third kappa shape index (κ3) is 2.98. The first-order valence-electron chi connectivity index (χ1n) is 7.41. The Morgan fingerprint density at radius 3 is 2.57 bits per heavy atom. The van der Waals surface area contributed by atoms with Crippen LogP contribution in [0.2, 0.25) is 0 Å². The van der Waals surface area contributed by atoms with Crippen LogP contribution < -0.4 is 0 Å². The van der Waals surface area contributed by atoms with Crippen molar-refractivity contribution in [1.29, 1.82) is 0 Å². The van der Waals surface area contributed by atoms with Crippen molar-refractivity contribution in [2.45, 2.75) is 51.2 Å². The van der Waals surface area contributed by atoms with E-state index >= 15 is 0 Å². The largest absolute Gasteiger partial charge is 0.467 e. The van der Waals surface area contributed by atoms with Crippen molar-refractivity contribution < 1.29 is 19.1 Å². The average Bonchev–Trinajstić information content (AvgIpc) is 3.09. The highest BCUT2D eigenvalue weighted by Gasteiger charge is 2.68. The van der Waals surface area contributed by atoms with Gasteiger partial charge in [-0.25, -0.2) is 9.59 Å². The first-order chi connectivity index (χ1) is 9.76. The van der Waals surface area contributed by atoms with Crippen molar-refractivity contribution in [2.24, 2.45) is 11.8 Å². The lowest BCUT2D eigenvalue weighted by molar-refractivity contribution is -0.155. The number of nitrogens with zero attached hydrogens (tertiary/aromatic N) is 1. The normalized spacial score (nSPS) is 30.8. The number of alkyl halides is 1.